The second-order valence-electron chi connectivity index (χ2n) is 5.48. The van der Waals surface area contributed by atoms with E-state index in [-0.39, 0.29) is 6.10 Å². The van der Waals surface area contributed by atoms with Gasteiger partial charge in [-0.05, 0) is 50.1 Å². The normalized spacial score (nSPS) is 20.9. The number of nitrogens with zero attached hydrogens (tertiary/aromatic N) is 1. The standard InChI is InChI=1S/C16H23NO/c1-12(2)18-15-7-5-6-14(10-15)16-8-9-17(4)11-13(16)3/h5-8,10,12-13H,9,11H2,1-4H3/t13-/m0/s1. The van der Waals surface area contributed by atoms with Crippen LogP contribution in [0.5, 0.6) is 5.75 Å². The number of hydrogen-bond acceptors (Lipinski definition) is 2. The van der Waals surface area contributed by atoms with E-state index >= 15 is 0 Å². The van der Waals surface area contributed by atoms with Crippen molar-refractivity contribution in [2.75, 3.05) is 20.1 Å². The molecule has 0 saturated heterocycles. The molecule has 0 radical (unpaired) electrons. The van der Waals surface area contributed by atoms with Crippen molar-refractivity contribution in [2.24, 2.45) is 5.92 Å². The summed E-state index contributed by atoms with van der Waals surface area (Å²) in [6, 6.07) is 8.46. The minimum atomic E-state index is 0.226. The van der Waals surface area contributed by atoms with Crippen LogP contribution in [0.2, 0.25) is 0 Å². The Balaban J connectivity index is 2.23. The van der Waals surface area contributed by atoms with Gasteiger partial charge in [0.2, 0.25) is 0 Å². The van der Waals surface area contributed by atoms with E-state index in [0.29, 0.717) is 5.92 Å². The van der Waals surface area contributed by atoms with E-state index in [1.807, 2.05) is 6.07 Å². The highest BCUT2D eigenvalue weighted by atomic mass is 16.5. The quantitative estimate of drug-likeness (QED) is 0.809. The Hall–Kier alpha value is -1.28. The summed E-state index contributed by atoms with van der Waals surface area (Å²) in [5.41, 5.74) is 2.75. The van der Waals surface area contributed by atoms with Crippen molar-refractivity contribution in [3.8, 4) is 5.75 Å². The number of hydrogen-bond donors (Lipinski definition) is 0. The number of rotatable bonds is 3. The maximum atomic E-state index is 5.76. The molecule has 1 aliphatic heterocycles. The van der Waals surface area contributed by atoms with Crippen molar-refractivity contribution >= 4 is 5.57 Å². The molecule has 0 aromatic heterocycles. The predicted octanol–water partition coefficient (Wildman–Crippen LogP) is 3.44. The van der Waals surface area contributed by atoms with Crippen LogP contribution in [0.15, 0.2) is 30.3 Å². The Bertz CT molecular complexity index is 436. The molecular formula is C16H23NO. The molecule has 0 N–H and O–H groups in total. The molecule has 0 amide bonds. The second-order valence-corrected chi connectivity index (χ2v) is 5.48. The van der Waals surface area contributed by atoms with Crippen LogP contribution in [0.4, 0.5) is 0 Å². The van der Waals surface area contributed by atoms with Crippen LogP contribution in [0.3, 0.4) is 0 Å². The molecule has 1 aromatic rings. The van der Waals surface area contributed by atoms with Crippen LogP contribution in [-0.2, 0) is 0 Å². The molecule has 0 aliphatic carbocycles. The highest BCUT2D eigenvalue weighted by Gasteiger charge is 2.17. The van der Waals surface area contributed by atoms with Gasteiger partial charge in [0.25, 0.3) is 0 Å². The third kappa shape index (κ3) is 3.14. The topological polar surface area (TPSA) is 12.5 Å². The molecule has 1 aromatic carbocycles. The van der Waals surface area contributed by atoms with Gasteiger partial charge in [0, 0.05) is 13.1 Å². The van der Waals surface area contributed by atoms with Crippen LogP contribution in [0.1, 0.15) is 26.3 Å². The zero-order valence-corrected chi connectivity index (χ0v) is 11.8. The lowest BCUT2D eigenvalue weighted by atomic mass is 9.90. The highest BCUT2D eigenvalue weighted by Crippen LogP contribution is 2.29. The van der Waals surface area contributed by atoms with Gasteiger partial charge in [-0.2, -0.15) is 0 Å². The van der Waals surface area contributed by atoms with E-state index < -0.39 is 0 Å². The average Bonchev–Trinajstić information content (AvgIpc) is 2.28. The molecule has 98 valence electrons. The summed E-state index contributed by atoms with van der Waals surface area (Å²) >= 11 is 0. The van der Waals surface area contributed by atoms with Crippen LogP contribution in [-0.4, -0.2) is 31.1 Å². The average molecular weight is 245 g/mol. The van der Waals surface area contributed by atoms with Crippen molar-refractivity contribution in [1.82, 2.24) is 4.90 Å². The largest absolute Gasteiger partial charge is 0.491 e. The maximum Gasteiger partial charge on any atom is 0.120 e. The molecule has 1 heterocycles. The first-order valence-electron chi connectivity index (χ1n) is 6.72. The van der Waals surface area contributed by atoms with Gasteiger partial charge in [0.05, 0.1) is 6.10 Å². The van der Waals surface area contributed by atoms with Crippen molar-refractivity contribution in [3.05, 3.63) is 35.9 Å². The van der Waals surface area contributed by atoms with E-state index in [9.17, 15) is 0 Å². The molecule has 0 spiro atoms. The van der Waals surface area contributed by atoms with Crippen molar-refractivity contribution in [1.29, 1.82) is 0 Å². The highest BCUT2D eigenvalue weighted by molar-refractivity contribution is 5.69. The van der Waals surface area contributed by atoms with E-state index in [0.717, 1.165) is 18.8 Å². The smallest absolute Gasteiger partial charge is 0.120 e. The van der Waals surface area contributed by atoms with Gasteiger partial charge < -0.3 is 9.64 Å². The second kappa shape index (κ2) is 5.57. The lowest BCUT2D eigenvalue weighted by Gasteiger charge is -2.28. The minimum Gasteiger partial charge on any atom is -0.491 e. The molecule has 2 heteroatoms. The van der Waals surface area contributed by atoms with Crippen molar-refractivity contribution in [2.45, 2.75) is 26.9 Å². The fourth-order valence-electron chi connectivity index (χ4n) is 2.52. The summed E-state index contributed by atoms with van der Waals surface area (Å²) in [6.07, 6.45) is 2.56. The van der Waals surface area contributed by atoms with Gasteiger partial charge in [-0.3, -0.25) is 0 Å². The first-order valence-corrected chi connectivity index (χ1v) is 6.72. The summed E-state index contributed by atoms with van der Waals surface area (Å²) in [4.78, 5) is 2.35. The zero-order chi connectivity index (χ0) is 13.1. The molecule has 0 unspecified atom stereocenters. The molecular weight excluding hydrogens is 222 g/mol. The molecule has 18 heavy (non-hydrogen) atoms. The first-order chi connectivity index (χ1) is 8.56. The fourth-order valence-corrected chi connectivity index (χ4v) is 2.52. The van der Waals surface area contributed by atoms with E-state index in [2.05, 4.69) is 57.0 Å². The Morgan fingerprint density at radius 3 is 2.78 bits per heavy atom. The van der Waals surface area contributed by atoms with Crippen molar-refractivity contribution < 1.29 is 4.74 Å². The maximum absolute atomic E-state index is 5.76. The fraction of sp³-hybridized carbons (Fsp3) is 0.500. The molecule has 0 saturated carbocycles. The summed E-state index contributed by atoms with van der Waals surface area (Å²) in [7, 11) is 2.17. The number of likely N-dealkylation sites (N-methyl/N-ethyl adjacent to an activating group) is 1. The van der Waals surface area contributed by atoms with Gasteiger partial charge in [-0.1, -0.05) is 25.1 Å². The monoisotopic (exact) mass is 245 g/mol. The van der Waals surface area contributed by atoms with Crippen molar-refractivity contribution in [3.63, 3.8) is 0 Å². The lowest BCUT2D eigenvalue weighted by Crippen LogP contribution is -2.29. The van der Waals surface area contributed by atoms with E-state index in [1.54, 1.807) is 0 Å². The molecule has 2 nitrogen and oxygen atoms in total. The van der Waals surface area contributed by atoms with E-state index in [4.69, 9.17) is 4.74 Å². The third-order valence-corrected chi connectivity index (χ3v) is 3.28. The lowest BCUT2D eigenvalue weighted by molar-refractivity contribution is 0.242. The molecule has 0 bridgehead atoms. The summed E-state index contributed by atoms with van der Waals surface area (Å²) < 4.78 is 5.76. The summed E-state index contributed by atoms with van der Waals surface area (Å²) in [5, 5.41) is 0. The number of ether oxygens (including phenoxy) is 1. The Morgan fingerprint density at radius 1 is 1.33 bits per heavy atom. The van der Waals surface area contributed by atoms with Crippen LogP contribution >= 0.6 is 0 Å². The zero-order valence-electron chi connectivity index (χ0n) is 11.8. The molecule has 1 aliphatic rings. The van der Waals surface area contributed by atoms with Gasteiger partial charge in [0.1, 0.15) is 5.75 Å². The molecule has 2 rings (SSSR count). The Morgan fingerprint density at radius 2 is 2.11 bits per heavy atom. The van der Waals surface area contributed by atoms with Crippen LogP contribution in [0, 0.1) is 5.92 Å². The Labute approximate surface area is 110 Å². The van der Waals surface area contributed by atoms with Crippen LogP contribution < -0.4 is 4.74 Å². The SMILES string of the molecule is CC(C)Oc1cccc(C2=CCN(C)C[C@@H]2C)c1. The van der Waals surface area contributed by atoms with Gasteiger partial charge in [-0.25, -0.2) is 0 Å². The van der Waals surface area contributed by atoms with Gasteiger partial charge >= 0.3 is 0 Å². The first kappa shape index (κ1) is 13.2. The third-order valence-electron chi connectivity index (χ3n) is 3.28. The number of benzene rings is 1. The minimum absolute atomic E-state index is 0.226. The van der Waals surface area contributed by atoms with Gasteiger partial charge in [-0.15, -0.1) is 0 Å². The molecule has 0 fully saturated rings. The van der Waals surface area contributed by atoms with Gasteiger partial charge in [0.15, 0.2) is 0 Å². The molecule has 1 atom stereocenters. The van der Waals surface area contributed by atoms with E-state index in [1.165, 1.54) is 11.1 Å². The summed E-state index contributed by atoms with van der Waals surface area (Å²) in [6.45, 7) is 8.57. The predicted molar refractivity (Wildman–Crippen MR) is 76.8 cm³/mol. The van der Waals surface area contributed by atoms with Crippen LogP contribution in [0.25, 0.3) is 5.57 Å². The summed E-state index contributed by atoms with van der Waals surface area (Å²) in [5.74, 6) is 1.55. The Kier molecular flexibility index (Phi) is 4.07.